The number of hydrogen-bond donors (Lipinski definition) is 0. The van der Waals surface area contributed by atoms with Gasteiger partial charge in [-0.25, -0.2) is 9.97 Å². The molecule has 1 aliphatic rings. The minimum Gasteiger partial charge on any atom is -0.453 e. The highest BCUT2D eigenvalue weighted by Crippen LogP contribution is 2.51. The second-order valence-electron chi connectivity index (χ2n) is 15.0. The fraction of sp³-hybridized carbons (Fsp3) is 0. The van der Waals surface area contributed by atoms with Crippen LogP contribution >= 0.6 is 0 Å². The van der Waals surface area contributed by atoms with Crippen molar-refractivity contribution in [2.24, 2.45) is 0 Å². The minimum atomic E-state index is 0.702. The van der Waals surface area contributed by atoms with Crippen molar-refractivity contribution in [1.82, 2.24) is 14.5 Å². The molecule has 9 aromatic carbocycles. The molecule has 3 heterocycles. The Labute approximate surface area is 340 Å². The lowest BCUT2D eigenvalue weighted by molar-refractivity contribution is 0.477. The molecule has 0 saturated carbocycles. The van der Waals surface area contributed by atoms with Gasteiger partial charge in [-0.2, -0.15) is 0 Å². The summed E-state index contributed by atoms with van der Waals surface area (Å²) in [4.78, 5) is 12.5. The van der Waals surface area contributed by atoms with Gasteiger partial charge in [0.2, 0.25) is 0 Å². The zero-order chi connectivity index (χ0) is 38.9. The Morgan fingerprint density at radius 1 is 0.390 bits per heavy atom. The number of anilines is 3. The summed E-state index contributed by atoms with van der Waals surface area (Å²) in [7, 11) is 0. The average Bonchev–Trinajstić information content (AvgIpc) is 3.65. The van der Waals surface area contributed by atoms with Crippen LogP contribution in [0.2, 0.25) is 0 Å². The van der Waals surface area contributed by atoms with E-state index in [1.807, 2.05) is 30.3 Å². The molecule has 5 nitrogen and oxygen atoms in total. The molecule has 0 fully saturated rings. The van der Waals surface area contributed by atoms with E-state index in [9.17, 15) is 0 Å². The zero-order valence-corrected chi connectivity index (χ0v) is 31.8. The van der Waals surface area contributed by atoms with E-state index in [1.165, 1.54) is 21.5 Å². The van der Waals surface area contributed by atoms with E-state index in [-0.39, 0.29) is 0 Å². The van der Waals surface area contributed by atoms with Crippen LogP contribution in [-0.2, 0) is 0 Å². The first-order valence-electron chi connectivity index (χ1n) is 19.9. The molecule has 12 rings (SSSR count). The van der Waals surface area contributed by atoms with E-state index in [2.05, 4.69) is 185 Å². The molecule has 0 amide bonds. The molecule has 59 heavy (non-hydrogen) atoms. The summed E-state index contributed by atoms with van der Waals surface area (Å²) in [6, 6.07) is 72.6. The van der Waals surface area contributed by atoms with Gasteiger partial charge >= 0.3 is 0 Å². The Hall–Kier alpha value is -8.02. The van der Waals surface area contributed by atoms with Gasteiger partial charge in [0.1, 0.15) is 0 Å². The molecule has 0 saturated heterocycles. The lowest BCUT2D eigenvalue weighted by Crippen LogP contribution is -2.15. The molecular weight excluding hydrogens is 721 g/mol. The quantitative estimate of drug-likeness (QED) is 0.175. The van der Waals surface area contributed by atoms with Crippen molar-refractivity contribution in [3.05, 3.63) is 206 Å². The number of rotatable bonds is 5. The van der Waals surface area contributed by atoms with Crippen molar-refractivity contribution >= 4 is 60.5 Å². The Morgan fingerprint density at radius 2 is 1.07 bits per heavy atom. The summed E-state index contributed by atoms with van der Waals surface area (Å²) < 4.78 is 8.88. The Bertz CT molecular complexity index is 3410. The van der Waals surface area contributed by atoms with Crippen LogP contribution in [0.15, 0.2) is 206 Å². The van der Waals surface area contributed by atoms with Crippen LogP contribution in [0.4, 0.5) is 17.1 Å². The fourth-order valence-corrected chi connectivity index (χ4v) is 8.82. The number of nitrogens with zero attached hydrogens (tertiary/aromatic N) is 4. The maximum absolute atomic E-state index is 6.48. The summed E-state index contributed by atoms with van der Waals surface area (Å²) in [6.07, 6.45) is 0. The third kappa shape index (κ3) is 5.40. The van der Waals surface area contributed by atoms with Crippen molar-refractivity contribution in [1.29, 1.82) is 0 Å². The first-order valence-corrected chi connectivity index (χ1v) is 19.9. The summed E-state index contributed by atoms with van der Waals surface area (Å²) in [5.41, 5.74) is 12.6. The average molecular weight is 755 g/mol. The molecule has 0 radical (unpaired) electrons. The van der Waals surface area contributed by atoms with E-state index in [1.54, 1.807) is 0 Å². The number of para-hydroxylation sites is 4. The van der Waals surface area contributed by atoms with Crippen molar-refractivity contribution in [3.63, 3.8) is 0 Å². The lowest BCUT2D eigenvalue weighted by Gasteiger charge is -2.33. The van der Waals surface area contributed by atoms with Gasteiger partial charge in [0.15, 0.2) is 17.3 Å². The molecule has 0 bridgehead atoms. The highest BCUT2D eigenvalue weighted by molar-refractivity contribution is 6.21. The number of benzene rings is 9. The fourth-order valence-electron chi connectivity index (χ4n) is 8.82. The van der Waals surface area contributed by atoms with E-state index < -0.39 is 0 Å². The third-order valence-corrected chi connectivity index (χ3v) is 11.6. The van der Waals surface area contributed by atoms with Crippen LogP contribution in [0.3, 0.4) is 0 Å². The largest absolute Gasteiger partial charge is 0.453 e. The standard InChI is InChI=1S/C54H34N4O/c1-3-14-36(15-4-1)53-43-19-9-10-20-45(43)55-54(56-53)37-23-28-41(29-24-37)58-47-31-26-35-13-7-8-18-42(35)52(47)44-30-25-38(33-48(44)58)39-27-32-51-49(34-39)57(40-16-5-2-6-17-40)46-21-11-12-22-50(46)59-51/h1-34H. The summed E-state index contributed by atoms with van der Waals surface area (Å²) >= 11 is 0. The molecule has 0 spiro atoms. The normalized spacial score (nSPS) is 12.2. The van der Waals surface area contributed by atoms with Crippen molar-refractivity contribution < 1.29 is 4.74 Å². The minimum absolute atomic E-state index is 0.702. The Balaban J connectivity index is 1.02. The number of hydrogen-bond acceptors (Lipinski definition) is 4. The molecule has 276 valence electrons. The van der Waals surface area contributed by atoms with Crippen LogP contribution in [0.5, 0.6) is 11.5 Å². The summed E-state index contributed by atoms with van der Waals surface area (Å²) in [5, 5.41) is 5.94. The number of ether oxygens (including phenoxy) is 1. The zero-order valence-electron chi connectivity index (χ0n) is 31.8. The predicted octanol–water partition coefficient (Wildman–Crippen LogP) is 14.5. The van der Waals surface area contributed by atoms with E-state index in [0.29, 0.717) is 5.82 Å². The van der Waals surface area contributed by atoms with Gasteiger partial charge in [0.05, 0.1) is 33.6 Å². The van der Waals surface area contributed by atoms with Crippen LogP contribution < -0.4 is 9.64 Å². The van der Waals surface area contributed by atoms with Crippen molar-refractivity contribution in [2.45, 2.75) is 0 Å². The van der Waals surface area contributed by atoms with Gasteiger partial charge in [-0.1, -0.05) is 127 Å². The van der Waals surface area contributed by atoms with Gasteiger partial charge in [-0.05, 0) is 101 Å². The van der Waals surface area contributed by atoms with Gasteiger partial charge in [0.25, 0.3) is 0 Å². The molecule has 2 aromatic heterocycles. The summed E-state index contributed by atoms with van der Waals surface area (Å²) in [5.74, 6) is 2.36. The summed E-state index contributed by atoms with van der Waals surface area (Å²) in [6.45, 7) is 0. The first-order chi connectivity index (χ1) is 29.2. The monoisotopic (exact) mass is 754 g/mol. The molecule has 0 N–H and O–H groups in total. The highest BCUT2D eigenvalue weighted by Gasteiger charge is 2.26. The maximum Gasteiger partial charge on any atom is 0.160 e. The maximum atomic E-state index is 6.48. The van der Waals surface area contributed by atoms with Gasteiger partial charge < -0.3 is 14.2 Å². The second kappa shape index (κ2) is 13.3. The molecule has 11 aromatic rings. The van der Waals surface area contributed by atoms with Gasteiger partial charge in [-0.3, -0.25) is 0 Å². The molecule has 0 atom stereocenters. The number of fused-ring (bicyclic) bond motifs is 8. The SMILES string of the molecule is c1ccc(-c2nc(-c3ccc(-n4c5cc(-c6ccc7c(c6)N(c6ccccc6)c6ccccc6O7)ccc5c5c6ccccc6ccc54)cc3)nc3ccccc23)cc1. The van der Waals surface area contributed by atoms with Crippen molar-refractivity contribution in [2.75, 3.05) is 4.90 Å². The Kier molecular flexibility index (Phi) is 7.47. The molecule has 1 aliphatic heterocycles. The molecule has 0 aliphatic carbocycles. The first kappa shape index (κ1) is 33.2. The molecular formula is C54H34N4O. The topological polar surface area (TPSA) is 43.2 Å². The van der Waals surface area contributed by atoms with Crippen molar-refractivity contribution in [3.8, 4) is 51.0 Å². The number of aromatic nitrogens is 3. The predicted molar refractivity (Wildman–Crippen MR) is 242 cm³/mol. The second-order valence-corrected chi connectivity index (χ2v) is 15.0. The van der Waals surface area contributed by atoms with Gasteiger partial charge in [-0.15, -0.1) is 0 Å². The smallest absolute Gasteiger partial charge is 0.160 e. The van der Waals surface area contributed by atoms with E-state index in [4.69, 9.17) is 14.7 Å². The van der Waals surface area contributed by atoms with E-state index >= 15 is 0 Å². The van der Waals surface area contributed by atoms with E-state index in [0.717, 1.165) is 84.1 Å². The Morgan fingerprint density at radius 3 is 1.93 bits per heavy atom. The third-order valence-electron chi connectivity index (χ3n) is 11.6. The van der Waals surface area contributed by atoms with Crippen LogP contribution in [0, 0.1) is 0 Å². The van der Waals surface area contributed by atoms with Gasteiger partial charge in [0, 0.05) is 38.7 Å². The van der Waals surface area contributed by atoms with Crippen LogP contribution in [0.1, 0.15) is 0 Å². The highest BCUT2D eigenvalue weighted by atomic mass is 16.5. The van der Waals surface area contributed by atoms with Crippen LogP contribution in [0.25, 0.3) is 82.9 Å². The molecule has 0 unspecified atom stereocenters. The van der Waals surface area contributed by atoms with Crippen LogP contribution in [-0.4, -0.2) is 14.5 Å². The lowest BCUT2D eigenvalue weighted by atomic mass is 9.99. The molecule has 5 heteroatoms.